The van der Waals surface area contributed by atoms with Crippen LogP contribution in [0.5, 0.6) is 17.2 Å². The minimum Gasteiger partial charge on any atom is -0.497 e. The van der Waals surface area contributed by atoms with Gasteiger partial charge in [0.15, 0.2) is 6.61 Å². The molecule has 0 saturated heterocycles. The molecule has 5 nitrogen and oxygen atoms in total. The zero-order chi connectivity index (χ0) is 16.5. The molecule has 0 saturated carbocycles. The molecule has 1 amide bonds. The first-order chi connectivity index (χ1) is 11.2. The minimum absolute atomic E-state index is 0.0236. The van der Waals surface area contributed by atoms with E-state index in [4.69, 9.17) is 14.2 Å². The van der Waals surface area contributed by atoms with Gasteiger partial charge in [0, 0.05) is 4.47 Å². The Morgan fingerprint density at radius 2 is 1.52 bits per heavy atom. The van der Waals surface area contributed by atoms with Gasteiger partial charge in [0.05, 0.1) is 13.7 Å². The van der Waals surface area contributed by atoms with Crippen LogP contribution >= 0.6 is 15.9 Å². The Morgan fingerprint density at radius 3 is 2.17 bits per heavy atom. The number of ether oxygens (including phenoxy) is 3. The fourth-order valence-corrected chi connectivity index (χ4v) is 2.03. The molecule has 122 valence electrons. The first-order valence-corrected chi connectivity index (χ1v) is 7.88. The molecule has 2 aromatic rings. The quantitative estimate of drug-likeness (QED) is 0.716. The average molecular weight is 380 g/mol. The molecule has 6 heteroatoms. The normalized spacial score (nSPS) is 10.0. The molecule has 2 rings (SSSR count). The van der Waals surface area contributed by atoms with Crippen molar-refractivity contribution in [3.63, 3.8) is 0 Å². The van der Waals surface area contributed by atoms with E-state index in [0.29, 0.717) is 18.9 Å². The smallest absolute Gasteiger partial charge is 0.258 e. The SMILES string of the molecule is COc1ccc(OCCNC(=O)COc2ccc(Br)cc2)cc1. The second-order valence-electron chi connectivity index (χ2n) is 4.62. The van der Waals surface area contributed by atoms with Crippen LogP contribution in [0.3, 0.4) is 0 Å². The summed E-state index contributed by atoms with van der Waals surface area (Å²) >= 11 is 3.34. The van der Waals surface area contributed by atoms with Crippen LogP contribution in [0.25, 0.3) is 0 Å². The van der Waals surface area contributed by atoms with Crippen molar-refractivity contribution in [3.8, 4) is 17.2 Å². The highest BCUT2D eigenvalue weighted by molar-refractivity contribution is 9.10. The summed E-state index contributed by atoms with van der Waals surface area (Å²) in [6.07, 6.45) is 0. The Bertz CT molecular complexity index is 613. The molecule has 0 heterocycles. The summed E-state index contributed by atoms with van der Waals surface area (Å²) in [5.74, 6) is 1.96. The lowest BCUT2D eigenvalue weighted by molar-refractivity contribution is -0.123. The average Bonchev–Trinajstić information content (AvgIpc) is 2.59. The highest BCUT2D eigenvalue weighted by atomic mass is 79.9. The maximum atomic E-state index is 11.7. The molecule has 0 aliphatic rings. The van der Waals surface area contributed by atoms with Gasteiger partial charge in [-0.05, 0) is 48.5 Å². The Morgan fingerprint density at radius 1 is 0.957 bits per heavy atom. The molecule has 0 bridgehead atoms. The molecule has 0 aliphatic heterocycles. The van der Waals surface area contributed by atoms with Gasteiger partial charge in [0.1, 0.15) is 23.9 Å². The Kier molecular flexibility index (Phi) is 6.75. The molecular weight excluding hydrogens is 362 g/mol. The van der Waals surface area contributed by atoms with Gasteiger partial charge in [-0.3, -0.25) is 4.79 Å². The van der Waals surface area contributed by atoms with Crippen molar-refractivity contribution >= 4 is 21.8 Å². The van der Waals surface area contributed by atoms with E-state index in [1.807, 2.05) is 36.4 Å². The highest BCUT2D eigenvalue weighted by Gasteiger charge is 2.02. The molecule has 0 fully saturated rings. The predicted octanol–water partition coefficient (Wildman–Crippen LogP) is 3.03. The number of benzene rings is 2. The summed E-state index contributed by atoms with van der Waals surface area (Å²) in [4.78, 5) is 11.7. The van der Waals surface area contributed by atoms with E-state index < -0.39 is 0 Å². The second kappa shape index (κ2) is 9.05. The molecule has 0 atom stereocenters. The van der Waals surface area contributed by atoms with Crippen LogP contribution in [-0.4, -0.2) is 32.8 Å². The van der Waals surface area contributed by atoms with Crippen LogP contribution in [0.15, 0.2) is 53.0 Å². The monoisotopic (exact) mass is 379 g/mol. The van der Waals surface area contributed by atoms with Crippen LogP contribution in [0, 0.1) is 0 Å². The highest BCUT2D eigenvalue weighted by Crippen LogP contribution is 2.17. The van der Waals surface area contributed by atoms with Crippen molar-refractivity contribution in [2.45, 2.75) is 0 Å². The second-order valence-corrected chi connectivity index (χ2v) is 5.53. The number of nitrogens with one attached hydrogen (secondary N) is 1. The Balaban J connectivity index is 1.61. The van der Waals surface area contributed by atoms with Crippen LogP contribution < -0.4 is 19.5 Å². The molecule has 1 N–H and O–H groups in total. The first kappa shape index (κ1) is 17.1. The Labute approximate surface area is 143 Å². The number of rotatable bonds is 8. The molecule has 0 aromatic heterocycles. The van der Waals surface area contributed by atoms with Gasteiger partial charge in [0.2, 0.25) is 0 Å². The van der Waals surface area contributed by atoms with Gasteiger partial charge in [-0.2, -0.15) is 0 Å². The van der Waals surface area contributed by atoms with E-state index in [9.17, 15) is 4.79 Å². The lowest BCUT2D eigenvalue weighted by Gasteiger charge is -2.09. The van der Waals surface area contributed by atoms with Crippen LogP contribution in [0.4, 0.5) is 0 Å². The molecule has 0 spiro atoms. The zero-order valence-corrected chi connectivity index (χ0v) is 14.3. The summed E-state index contributed by atoms with van der Waals surface area (Å²) in [6.45, 7) is 0.773. The topological polar surface area (TPSA) is 56.8 Å². The summed E-state index contributed by atoms with van der Waals surface area (Å²) in [7, 11) is 1.61. The molecule has 0 unspecified atom stereocenters. The van der Waals surface area contributed by atoms with E-state index in [0.717, 1.165) is 16.0 Å². The standard InChI is InChI=1S/C17H18BrNO4/c1-21-14-6-8-15(9-7-14)22-11-10-19-17(20)12-23-16-4-2-13(18)3-5-16/h2-9H,10-12H2,1H3,(H,19,20). The van der Waals surface area contributed by atoms with Crippen LogP contribution in [0.1, 0.15) is 0 Å². The lowest BCUT2D eigenvalue weighted by atomic mass is 10.3. The van der Waals surface area contributed by atoms with Crippen molar-refractivity contribution in [1.29, 1.82) is 0 Å². The number of hydrogen-bond acceptors (Lipinski definition) is 4. The van der Waals surface area contributed by atoms with Gasteiger partial charge < -0.3 is 19.5 Å². The summed E-state index contributed by atoms with van der Waals surface area (Å²) in [6, 6.07) is 14.6. The number of amides is 1. The number of halogens is 1. The maximum Gasteiger partial charge on any atom is 0.258 e. The van der Waals surface area contributed by atoms with Crippen LogP contribution in [-0.2, 0) is 4.79 Å². The van der Waals surface area contributed by atoms with Gasteiger partial charge in [-0.25, -0.2) is 0 Å². The number of methoxy groups -OCH3 is 1. The zero-order valence-electron chi connectivity index (χ0n) is 12.8. The predicted molar refractivity (Wildman–Crippen MR) is 91.1 cm³/mol. The lowest BCUT2D eigenvalue weighted by Crippen LogP contribution is -2.32. The number of carbonyl (C=O) groups is 1. The molecule has 0 radical (unpaired) electrons. The fourth-order valence-electron chi connectivity index (χ4n) is 1.76. The van der Waals surface area contributed by atoms with Crippen molar-refractivity contribution in [3.05, 3.63) is 53.0 Å². The van der Waals surface area contributed by atoms with E-state index >= 15 is 0 Å². The number of hydrogen-bond donors (Lipinski definition) is 1. The maximum absolute atomic E-state index is 11.7. The third-order valence-electron chi connectivity index (χ3n) is 2.94. The van der Waals surface area contributed by atoms with Crippen molar-refractivity contribution < 1.29 is 19.0 Å². The Hall–Kier alpha value is -2.21. The minimum atomic E-state index is -0.189. The molecule has 0 aliphatic carbocycles. The van der Waals surface area contributed by atoms with E-state index in [1.54, 1.807) is 19.2 Å². The molecular formula is C17H18BrNO4. The van der Waals surface area contributed by atoms with Gasteiger partial charge >= 0.3 is 0 Å². The van der Waals surface area contributed by atoms with E-state index in [-0.39, 0.29) is 12.5 Å². The van der Waals surface area contributed by atoms with E-state index in [2.05, 4.69) is 21.2 Å². The summed E-state index contributed by atoms with van der Waals surface area (Å²) in [5, 5.41) is 2.73. The third kappa shape index (κ3) is 6.20. The first-order valence-electron chi connectivity index (χ1n) is 7.09. The third-order valence-corrected chi connectivity index (χ3v) is 3.46. The molecule has 23 heavy (non-hydrogen) atoms. The van der Waals surface area contributed by atoms with Gasteiger partial charge in [-0.15, -0.1) is 0 Å². The van der Waals surface area contributed by atoms with Crippen molar-refractivity contribution in [2.75, 3.05) is 26.9 Å². The fraction of sp³-hybridized carbons (Fsp3) is 0.235. The largest absolute Gasteiger partial charge is 0.497 e. The van der Waals surface area contributed by atoms with E-state index in [1.165, 1.54) is 0 Å². The van der Waals surface area contributed by atoms with Gasteiger partial charge in [0.25, 0.3) is 5.91 Å². The van der Waals surface area contributed by atoms with Crippen molar-refractivity contribution in [1.82, 2.24) is 5.32 Å². The number of carbonyl (C=O) groups excluding carboxylic acids is 1. The summed E-state index contributed by atoms with van der Waals surface area (Å²) < 4.78 is 16.9. The van der Waals surface area contributed by atoms with Crippen LogP contribution in [0.2, 0.25) is 0 Å². The summed E-state index contributed by atoms with van der Waals surface area (Å²) in [5.41, 5.74) is 0. The van der Waals surface area contributed by atoms with Crippen molar-refractivity contribution in [2.24, 2.45) is 0 Å². The molecule has 2 aromatic carbocycles. The van der Waals surface area contributed by atoms with Gasteiger partial charge in [-0.1, -0.05) is 15.9 Å².